The molecule has 89 heavy (non-hydrogen) atoms. The molecule has 27 heteroatoms. The lowest BCUT2D eigenvalue weighted by Gasteiger charge is -2.26. The number of amides is 6. The van der Waals surface area contributed by atoms with Crippen LogP contribution in [-0.4, -0.2) is 249 Å². The van der Waals surface area contributed by atoms with E-state index in [0.717, 1.165) is 68.1 Å². The molecule has 510 valence electrons. The Kier molecular flexibility index (Phi) is 46.1. The number of Topliss-reactive ketones (excluding diaryl/α,β-unsaturated/α-hetero) is 1. The molecule has 0 fully saturated rings. The van der Waals surface area contributed by atoms with Gasteiger partial charge in [-0.05, 0) is 77.6 Å². The van der Waals surface area contributed by atoms with Crippen molar-refractivity contribution in [2.45, 2.75) is 154 Å². The van der Waals surface area contributed by atoms with Gasteiger partial charge in [-0.15, -0.1) is 5.92 Å². The summed E-state index contributed by atoms with van der Waals surface area (Å²) in [7, 11) is 6.23. The van der Waals surface area contributed by atoms with Crippen molar-refractivity contribution < 1.29 is 85.4 Å². The minimum Gasteiger partial charge on any atom is -0.384 e. The minimum atomic E-state index is -1.02. The summed E-state index contributed by atoms with van der Waals surface area (Å²) < 4.78 is 57.1. The van der Waals surface area contributed by atoms with Crippen LogP contribution >= 0.6 is 0 Å². The van der Waals surface area contributed by atoms with E-state index < -0.39 is 42.0 Å². The maximum Gasteiger partial charge on any atom is 0.246 e. The number of allylic oxidation sites excluding steroid dienone is 1. The highest BCUT2D eigenvalue weighted by molar-refractivity contribution is 5.94. The van der Waals surface area contributed by atoms with Crippen molar-refractivity contribution in [3.63, 3.8) is 0 Å². The van der Waals surface area contributed by atoms with Crippen LogP contribution in [-0.2, 0) is 80.9 Å². The van der Waals surface area contributed by atoms with Crippen LogP contribution in [0.2, 0.25) is 0 Å². The molecule has 0 radical (unpaired) electrons. The van der Waals surface area contributed by atoms with Gasteiger partial charge < -0.3 is 89.1 Å². The number of nitrogens with one attached hydrogen (secondary N) is 8. The lowest BCUT2D eigenvalue weighted by atomic mass is 9.99. The third-order valence-corrected chi connectivity index (χ3v) is 14.0. The second-order valence-electron chi connectivity index (χ2n) is 23.2. The quantitative estimate of drug-likeness (QED) is 0.0188. The third kappa shape index (κ3) is 43.2. The minimum absolute atomic E-state index is 0.0259. The van der Waals surface area contributed by atoms with Gasteiger partial charge in [0.15, 0.2) is 5.78 Å². The number of hydrogen-bond acceptors (Lipinski definition) is 20. The van der Waals surface area contributed by atoms with Gasteiger partial charge in [0.25, 0.3) is 0 Å². The molecule has 0 aliphatic heterocycles. The SMILES string of the molecule is CC(=O)[C@H](C)NC(=O)[C@@H](NC(=O)[C@@H](CCCCNC(=O)COC1CCCCC/C(NCCOCCOCCOCCOCCC(=O)NCC[N+](C)(C)C)=C\1N=N)NC(=O)CCOCCOCCOCCOCCNC(=O)COC1C#CCCCCC1)C(C)C. The molecule has 2 aliphatic rings. The highest BCUT2D eigenvalue weighted by Crippen LogP contribution is 2.25. The van der Waals surface area contributed by atoms with Gasteiger partial charge in [0, 0.05) is 44.6 Å². The highest BCUT2D eigenvalue weighted by Gasteiger charge is 2.30. The van der Waals surface area contributed by atoms with Crippen LogP contribution in [0.5, 0.6) is 0 Å². The number of nitrogens with zero attached hydrogens (tertiary/aromatic N) is 2. The van der Waals surface area contributed by atoms with Crippen LogP contribution < -0.4 is 37.2 Å². The number of likely N-dealkylation sites (N-methyl/N-ethyl adjacent to an activating group) is 1. The summed E-state index contributed by atoms with van der Waals surface area (Å²) in [6.45, 7) is 14.1. The van der Waals surface area contributed by atoms with Crippen LogP contribution in [0.4, 0.5) is 0 Å². The van der Waals surface area contributed by atoms with Crippen molar-refractivity contribution in [3.8, 4) is 11.8 Å². The van der Waals surface area contributed by atoms with Crippen LogP contribution in [0.15, 0.2) is 16.5 Å². The molecule has 0 saturated carbocycles. The number of unbranched alkanes of at least 4 members (excludes halogenated alkanes) is 1. The maximum atomic E-state index is 13.8. The average molecular weight is 1270 g/mol. The van der Waals surface area contributed by atoms with Gasteiger partial charge in [-0.3, -0.25) is 33.6 Å². The van der Waals surface area contributed by atoms with Gasteiger partial charge in [-0.2, -0.15) is 5.11 Å². The number of ketones is 1. The van der Waals surface area contributed by atoms with Crippen molar-refractivity contribution in [1.29, 1.82) is 5.53 Å². The number of carbonyl (C=O) groups excluding carboxylic acids is 7. The molecular formula is C62H111N10O17+. The summed E-state index contributed by atoms with van der Waals surface area (Å²) in [5, 5.41) is 23.9. The van der Waals surface area contributed by atoms with Gasteiger partial charge in [-0.1, -0.05) is 39.0 Å². The van der Waals surface area contributed by atoms with Crippen molar-refractivity contribution in [2.75, 3.05) is 173 Å². The van der Waals surface area contributed by atoms with E-state index >= 15 is 0 Å². The van der Waals surface area contributed by atoms with E-state index in [1.54, 1.807) is 20.8 Å². The van der Waals surface area contributed by atoms with E-state index in [4.69, 9.17) is 52.9 Å². The third-order valence-electron chi connectivity index (χ3n) is 14.0. The zero-order valence-electron chi connectivity index (χ0n) is 54.7. The summed E-state index contributed by atoms with van der Waals surface area (Å²) in [5.41, 5.74) is 9.25. The first-order valence-corrected chi connectivity index (χ1v) is 32.1. The maximum absolute atomic E-state index is 13.8. The molecule has 0 aromatic carbocycles. The molecule has 0 spiro atoms. The van der Waals surface area contributed by atoms with Crippen LogP contribution in [0, 0.1) is 23.3 Å². The van der Waals surface area contributed by atoms with E-state index in [9.17, 15) is 33.6 Å². The molecule has 0 heterocycles. The van der Waals surface area contributed by atoms with Crippen LogP contribution in [0.3, 0.4) is 0 Å². The first-order chi connectivity index (χ1) is 42.9. The number of rotatable bonds is 53. The second kappa shape index (κ2) is 51.4. The van der Waals surface area contributed by atoms with E-state index in [1.165, 1.54) is 6.92 Å². The van der Waals surface area contributed by atoms with Crippen molar-refractivity contribution in [2.24, 2.45) is 11.0 Å². The molecule has 2 rings (SSSR count). The summed E-state index contributed by atoms with van der Waals surface area (Å²) in [4.78, 5) is 89.1. The number of quaternary nitrogens is 1. The van der Waals surface area contributed by atoms with E-state index in [0.29, 0.717) is 143 Å². The molecule has 0 aromatic heterocycles. The number of ether oxygens (including phenoxy) is 10. The number of hydrogen-bond donors (Lipinski definition) is 8. The molecule has 0 aromatic rings. The molecule has 2 aliphatic carbocycles. The fourth-order valence-corrected chi connectivity index (χ4v) is 8.75. The Morgan fingerprint density at radius 1 is 0.562 bits per heavy atom. The van der Waals surface area contributed by atoms with Gasteiger partial charge >= 0.3 is 0 Å². The number of carbonyl (C=O) groups is 7. The molecule has 8 N–H and O–H groups in total. The smallest absolute Gasteiger partial charge is 0.246 e. The van der Waals surface area contributed by atoms with Crippen LogP contribution in [0.1, 0.15) is 124 Å². The Bertz CT molecular complexity index is 2110. The summed E-state index contributed by atoms with van der Waals surface area (Å²) in [6, 6.07) is -2.76. The van der Waals surface area contributed by atoms with Crippen molar-refractivity contribution >= 4 is 41.2 Å². The summed E-state index contributed by atoms with van der Waals surface area (Å²) in [6.07, 6.45) is 9.57. The molecule has 27 nitrogen and oxygen atoms in total. The molecule has 0 bridgehead atoms. The van der Waals surface area contributed by atoms with Gasteiger partial charge in [0.1, 0.15) is 43.2 Å². The van der Waals surface area contributed by atoms with Crippen molar-refractivity contribution in [1.82, 2.24) is 37.2 Å². The van der Waals surface area contributed by atoms with Gasteiger partial charge in [0.2, 0.25) is 35.4 Å². The molecular weight excluding hydrogens is 1160 g/mol. The summed E-state index contributed by atoms with van der Waals surface area (Å²) >= 11 is 0. The fraction of sp³-hybridized carbons (Fsp3) is 0.823. The van der Waals surface area contributed by atoms with Crippen LogP contribution in [0.25, 0.3) is 0 Å². The Morgan fingerprint density at radius 2 is 1.09 bits per heavy atom. The molecule has 0 saturated heterocycles. The van der Waals surface area contributed by atoms with E-state index in [2.05, 4.69) is 75.3 Å². The lowest BCUT2D eigenvalue weighted by molar-refractivity contribution is -0.869. The topological polar surface area (TPSA) is 332 Å². The first-order valence-electron chi connectivity index (χ1n) is 32.1. The van der Waals surface area contributed by atoms with Gasteiger partial charge in [0.05, 0.1) is 146 Å². The zero-order valence-corrected chi connectivity index (χ0v) is 54.7. The molecule has 5 atom stereocenters. The molecule has 6 amide bonds. The Labute approximate surface area is 529 Å². The Hall–Kier alpha value is -5.25. The monoisotopic (exact) mass is 1270 g/mol. The van der Waals surface area contributed by atoms with E-state index in [1.807, 2.05) is 0 Å². The second-order valence-corrected chi connectivity index (χ2v) is 23.2. The standard InChI is InChI=1S/C62H110N10O17/c1-48(2)59(62(79)68-49(3)50(4)73)70-61(78)53(69-56(75)24-31-81-35-39-85-43-45-87-41-37-83-33-28-67-57(76)46-88-51-18-12-9-8-10-13-19-51)21-16-17-25-65-58(77)47-89-54-22-15-11-14-20-52(60(54)71-63)64-27-32-82-36-40-86-44-42-84-38-34-80-30-23-55(74)66-26-29-72(5,6)7/h48-49,51,53-54,59H,8-12,14-18,20-47H2,1-7H3,(H7-,63,64,65,66,67,68,69,70,74,75,76,77,78,79)/p+1/t49-,51?,53+,54?,59-/m0/s1. The van der Waals surface area contributed by atoms with Crippen molar-refractivity contribution in [3.05, 3.63) is 11.4 Å². The fourth-order valence-electron chi connectivity index (χ4n) is 8.75. The lowest BCUT2D eigenvalue weighted by Crippen LogP contribution is -2.57. The summed E-state index contributed by atoms with van der Waals surface area (Å²) in [5.74, 6) is 3.48. The predicted octanol–water partition coefficient (Wildman–Crippen LogP) is 2.38. The zero-order chi connectivity index (χ0) is 65.2. The highest BCUT2D eigenvalue weighted by atomic mass is 16.6. The predicted molar refractivity (Wildman–Crippen MR) is 332 cm³/mol. The largest absolute Gasteiger partial charge is 0.384 e. The normalized spacial score (nSPS) is 17.3. The Balaban J connectivity index is 1.69. The van der Waals surface area contributed by atoms with E-state index in [-0.39, 0.29) is 87.9 Å². The first kappa shape index (κ1) is 79.8. The Morgan fingerprint density at radius 3 is 1.67 bits per heavy atom. The average Bonchev–Trinajstić information content (AvgIpc) is 3.67. The van der Waals surface area contributed by atoms with Gasteiger partial charge in [-0.25, -0.2) is 5.53 Å². The molecule has 2 unspecified atom stereocenters.